The number of hydrogen-bond donors (Lipinski definition) is 1. The Morgan fingerprint density at radius 2 is 2.17 bits per heavy atom. The molecule has 1 aromatic carbocycles. The summed E-state index contributed by atoms with van der Waals surface area (Å²) in [4.78, 5) is 4.11. The van der Waals surface area contributed by atoms with Gasteiger partial charge in [0.15, 0.2) is 0 Å². The minimum atomic E-state index is -0.848. The maximum atomic E-state index is 10.3. The lowest BCUT2D eigenvalue weighted by Gasteiger charge is -2.13. The minimum Gasteiger partial charge on any atom is -0.494 e. The molecule has 4 heteroatoms. The van der Waals surface area contributed by atoms with E-state index in [0.29, 0.717) is 22.9 Å². The van der Waals surface area contributed by atoms with Crippen molar-refractivity contribution in [1.82, 2.24) is 4.98 Å². The average Bonchev–Trinajstić information content (AvgIpc) is 2.39. The monoisotopic (exact) mass is 263 g/mol. The SMILES string of the molecule is CCOc1cccc(C(O)c2ncccc2Cl)c1. The normalized spacial score (nSPS) is 12.2. The van der Waals surface area contributed by atoms with E-state index in [4.69, 9.17) is 16.3 Å². The molecule has 1 aromatic heterocycles. The van der Waals surface area contributed by atoms with Crippen LogP contribution in [-0.4, -0.2) is 16.7 Å². The zero-order chi connectivity index (χ0) is 13.0. The predicted molar refractivity (Wildman–Crippen MR) is 70.9 cm³/mol. The van der Waals surface area contributed by atoms with Crippen molar-refractivity contribution < 1.29 is 9.84 Å². The van der Waals surface area contributed by atoms with E-state index in [1.54, 1.807) is 24.4 Å². The van der Waals surface area contributed by atoms with E-state index in [1.807, 2.05) is 25.1 Å². The number of aliphatic hydroxyl groups excluding tert-OH is 1. The van der Waals surface area contributed by atoms with Crippen molar-refractivity contribution in [2.75, 3.05) is 6.61 Å². The van der Waals surface area contributed by atoms with Gasteiger partial charge in [-0.3, -0.25) is 4.98 Å². The molecule has 0 bridgehead atoms. The molecule has 0 aliphatic heterocycles. The zero-order valence-electron chi connectivity index (χ0n) is 10.0. The van der Waals surface area contributed by atoms with E-state index in [0.717, 1.165) is 5.75 Å². The number of pyridine rings is 1. The number of rotatable bonds is 4. The van der Waals surface area contributed by atoms with Gasteiger partial charge in [-0.1, -0.05) is 23.7 Å². The molecular weight excluding hydrogens is 250 g/mol. The highest BCUT2D eigenvalue weighted by atomic mass is 35.5. The van der Waals surface area contributed by atoms with Crippen LogP contribution in [0.25, 0.3) is 0 Å². The molecule has 1 unspecified atom stereocenters. The van der Waals surface area contributed by atoms with Gasteiger partial charge in [-0.2, -0.15) is 0 Å². The zero-order valence-corrected chi connectivity index (χ0v) is 10.8. The minimum absolute atomic E-state index is 0.451. The fourth-order valence-corrected chi connectivity index (χ4v) is 1.92. The maximum Gasteiger partial charge on any atom is 0.123 e. The first-order chi connectivity index (χ1) is 8.72. The van der Waals surface area contributed by atoms with Crippen molar-refractivity contribution in [3.05, 3.63) is 58.9 Å². The Balaban J connectivity index is 2.31. The molecule has 1 N–H and O–H groups in total. The Kier molecular flexibility index (Phi) is 4.18. The first-order valence-corrected chi connectivity index (χ1v) is 6.11. The predicted octanol–water partition coefficient (Wildman–Crippen LogP) is 3.22. The van der Waals surface area contributed by atoms with Gasteiger partial charge in [0, 0.05) is 6.20 Å². The second-order valence-corrected chi connectivity index (χ2v) is 4.19. The van der Waals surface area contributed by atoms with Crippen molar-refractivity contribution in [1.29, 1.82) is 0 Å². The van der Waals surface area contributed by atoms with Crippen molar-refractivity contribution in [3.8, 4) is 5.75 Å². The highest BCUT2D eigenvalue weighted by Crippen LogP contribution is 2.28. The highest BCUT2D eigenvalue weighted by Gasteiger charge is 2.15. The summed E-state index contributed by atoms with van der Waals surface area (Å²) in [5, 5.41) is 10.7. The fourth-order valence-electron chi connectivity index (χ4n) is 1.70. The summed E-state index contributed by atoms with van der Waals surface area (Å²) in [6.07, 6.45) is 0.760. The molecule has 0 fully saturated rings. The fraction of sp³-hybridized carbons (Fsp3) is 0.214. The molecule has 1 heterocycles. The Labute approximate surface area is 111 Å². The van der Waals surface area contributed by atoms with Gasteiger partial charge in [-0.25, -0.2) is 0 Å². The summed E-state index contributed by atoms with van der Waals surface area (Å²) in [7, 11) is 0. The van der Waals surface area contributed by atoms with Crippen LogP contribution in [0.3, 0.4) is 0 Å². The third-order valence-electron chi connectivity index (χ3n) is 2.53. The molecule has 0 saturated heterocycles. The van der Waals surface area contributed by atoms with E-state index < -0.39 is 6.10 Å². The first kappa shape index (κ1) is 12.9. The van der Waals surface area contributed by atoms with E-state index in [-0.39, 0.29) is 0 Å². The highest BCUT2D eigenvalue weighted by molar-refractivity contribution is 6.31. The van der Waals surface area contributed by atoms with Crippen LogP contribution in [0.5, 0.6) is 5.75 Å². The largest absolute Gasteiger partial charge is 0.494 e. The van der Waals surface area contributed by atoms with Gasteiger partial charge < -0.3 is 9.84 Å². The van der Waals surface area contributed by atoms with Gasteiger partial charge in [-0.15, -0.1) is 0 Å². The van der Waals surface area contributed by atoms with Crippen molar-refractivity contribution in [3.63, 3.8) is 0 Å². The number of nitrogens with zero attached hydrogens (tertiary/aromatic N) is 1. The van der Waals surface area contributed by atoms with Gasteiger partial charge in [0.2, 0.25) is 0 Å². The lowest BCUT2D eigenvalue weighted by molar-refractivity contribution is 0.214. The smallest absolute Gasteiger partial charge is 0.123 e. The number of aromatic nitrogens is 1. The molecule has 2 aromatic rings. The van der Waals surface area contributed by atoms with Gasteiger partial charge in [-0.05, 0) is 36.8 Å². The third kappa shape index (κ3) is 2.81. The Morgan fingerprint density at radius 1 is 1.33 bits per heavy atom. The Bertz CT molecular complexity index is 531. The van der Waals surface area contributed by atoms with Gasteiger partial charge in [0.25, 0.3) is 0 Å². The Morgan fingerprint density at radius 3 is 2.89 bits per heavy atom. The van der Waals surface area contributed by atoms with E-state index in [1.165, 1.54) is 0 Å². The summed E-state index contributed by atoms with van der Waals surface area (Å²) in [6, 6.07) is 10.7. The van der Waals surface area contributed by atoms with Crippen LogP contribution in [0, 0.1) is 0 Å². The quantitative estimate of drug-likeness (QED) is 0.921. The number of aliphatic hydroxyl groups is 1. The lowest BCUT2D eigenvalue weighted by Crippen LogP contribution is -2.03. The van der Waals surface area contributed by atoms with Crippen LogP contribution in [0.2, 0.25) is 5.02 Å². The standard InChI is InChI=1S/C14H14ClNO2/c1-2-18-11-6-3-5-10(9-11)14(17)13-12(15)7-4-8-16-13/h3-9,14,17H,2H2,1H3. The molecule has 2 rings (SSSR count). The number of hydrogen-bond acceptors (Lipinski definition) is 3. The molecule has 0 aliphatic rings. The summed E-state index contributed by atoms with van der Waals surface area (Å²) in [5.41, 5.74) is 1.16. The second kappa shape index (κ2) is 5.85. The Hall–Kier alpha value is -1.58. The van der Waals surface area contributed by atoms with Crippen LogP contribution in [0.15, 0.2) is 42.6 Å². The van der Waals surface area contributed by atoms with Crippen molar-refractivity contribution in [2.45, 2.75) is 13.0 Å². The first-order valence-electron chi connectivity index (χ1n) is 5.73. The summed E-state index contributed by atoms with van der Waals surface area (Å²) in [6.45, 7) is 2.50. The number of halogens is 1. The van der Waals surface area contributed by atoms with E-state index in [2.05, 4.69) is 4.98 Å². The second-order valence-electron chi connectivity index (χ2n) is 3.78. The molecule has 0 saturated carbocycles. The van der Waals surface area contributed by atoms with Crippen LogP contribution in [0.1, 0.15) is 24.3 Å². The molecule has 0 spiro atoms. The van der Waals surface area contributed by atoms with Gasteiger partial charge in [0.05, 0.1) is 17.3 Å². The molecule has 1 atom stereocenters. The lowest BCUT2D eigenvalue weighted by atomic mass is 10.1. The van der Waals surface area contributed by atoms with E-state index >= 15 is 0 Å². The topological polar surface area (TPSA) is 42.4 Å². The van der Waals surface area contributed by atoms with Gasteiger partial charge >= 0.3 is 0 Å². The molecular formula is C14H14ClNO2. The molecule has 3 nitrogen and oxygen atoms in total. The molecule has 0 aliphatic carbocycles. The maximum absolute atomic E-state index is 10.3. The number of ether oxygens (including phenoxy) is 1. The van der Waals surface area contributed by atoms with Crippen molar-refractivity contribution >= 4 is 11.6 Å². The molecule has 18 heavy (non-hydrogen) atoms. The van der Waals surface area contributed by atoms with Crippen LogP contribution in [-0.2, 0) is 0 Å². The van der Waals surface area contributed by atoms with E-state index in [9.17, 15) is 5.11 Å². The van der Waals surface area contributed by atoms with Gasteiger partial charge in [0.1, 0.15) is 11.9 Å². The van der Waals surface area contributed by atoms with Crippen LogP contribution in [0.4, 0.5) is 0 Å². The van der Waals surface area contributed by atoms with Crippen LogP contribution >= 0.6 is 11.6 Å². The average molecular weight is 264 g/mol. The summed E-state index contributed by atoms with van der Waals surface area (Å²) in [5.74, 6) is 0.723. The summed E-state index contributed by atoms with van der Waals surface area (Å²) < 4.78 is 5.40. The molecule has 0 radical (unpaired) electrons. The summed E-state index contributed by atoms with van der Waals surface area (Å²) >= 11 is 6.02. The number of benzene rings is 1. The van der Waals surface area contributed by atoms with Crippen LogP contribution < -0.4 is 4.74 Å². The third-order valence-corrected chi connectivity index (χ3v) is 2.85. The van der Waals surface area contributed by atoms with Crippen molar-refractivity contribution in [2.24, 2.45) is 0 Å². The molecule has 0 amide bonds. The molecule has 94 valence electrons.